The molecule has 0 radical (unpaired) electrons. The highest BCUT2D eigenvalue weighted by Crippen LogP contribution is 2.22. The fraction of sp³-hybridized carbons (Fsp3) is 0.556. The maximum absolute atomic E-state index is 11.5. The zero-order valence-electron chi connectivity index (χ0n) is 14.9. The number of ether oxygens (including phenoxy) is 1. The van der Waals surface area contributed by atoms with Crippen molar-refractivity contribution < 1.29 is 24.5 Å². The van der Waals surface area contributed by atoms with E-state index in [0.717, 1.165) is 5.56 Å². The van der Waals surface area contributed by atoms with Crippen LogP contribution in [0.1, 0.15) is 61.7 Å². The number of benzene rings is 1. The van der Waals surface area contributed by atoms with Gasteiger partial charge in [-0.1, -0.05) is 18.2 Å². The smallest absolute Gasteiger partial charge is 0.407 e. The maximum atomic E-state index is 11.5. The Kier molecular flexibility index (Phi) is 6.93. The van der Waals surface area contributed by atoms with E-state index in [1.807, 2.05) is 0 Å². The van der Waals surface area contributed by atoms with Crippen molar-refractivity contribution in [1.29, 1.82) is 0 Å². The first-order valence-electron chi connectivity index (χ1n) is 7.95. The van der Waals surface area contributed by atoms with E-state index in [4.69, 9.17) is 4.74 Å². The molecule has 134 valence electrons. The number of carbonyl (C=O) groups is 2. The molecule has 0 saturated carbocycles. The third-order valence-electron chi connectivity index (χ3n) is 3.44. The number of aryl methyl sites for hydroxylation is 1. The van der Waals surface area contributed by atoms with E-state index in [9.17, 15) is 19.8 Å². The molecule has 0 saturated heterocycles. The first kappa shape index (κ1) is 20.1. The van der Waals surface area contributed by atoms with Crippen molar-refractivity contribution in [2.75, 3.05) is 6.54 Å². The van der Waals surface area contributed by atoms with E-state index in [0.29, 0.717) is 11.1 Å². The Hall–Kier alpha value is -1.92. The average molecular weight is 337 g/mol. The van der Waals surface area contributed by atoms with Crippen molar-refractivity contribution in [2.24, 2.45) is 0 Å². The molecular formula is C18H27NO5. The third-order valence-corrected chi connectivity index (χ3v) is 3.44. The Bertz CT molecular complexity index is 592. The van der Waals surface area contributed by atoms with E-state index in [-0.39, 0.29) is 18.7 Å². The molecule has 6 heteroatoms. The molecule has 24 heavy (non-hydrogen) atoms. The summed E-state index contributed by atoms with van der Waals surface area (Å²) in [6, 6.07) is 4.95. The second-order valence-corrected chi connectivity index (χ2v) is 6.86. The molecule has 1 aromatic rings. The minimum atomic E-state index is -1.09. The number of carbonyl (C=O) groups excluding carboxylic acids is 2. The van der Waals surface area contributed by atoms with Crippen LogP contribution in [0, 0.1) is 6.92 Å². The van der Waals surface area contributed by atoms with Gasteiger partial charge in [0.2, 0.25) is 0 Å². The first-order chi connectivity index (χ1) is 11.0. The Morgan fingerprint density at radius 2 is 1.88 bits per heavy atom. The van der Waals surface area contributed by atoms with Gasteiger partial charge in [0.25, 0.3) is 0 Å². The van der Waals surface area contributed by atoms with Crippen LogP contribution in [-0.4, -0.2) is 40.3 Å². The highest BCUT2D eigenvalue weighted by atomic mass is 16.6. The number of aliphatic hydroxyl groups is 2. The normalized spacial score (nSPS) is 14.0. The van der Waals surface area contributed by atoms with Gasteiger partial charge in [0.15, 0.2) is 5.78 Å². The second kappa shape index (κ2) is 8.26. The van der Waals surface area contributed by atoms with Crippen molar-refractivity contribution >= 4 is 11.9 Å². The zero-order valence-corrected chi connectivity index (χ0v) is 14.9. The van der Waals surface area contributed by atoms with Gasteiger partial charge in [0.1, 0.15) is 11.7 Å². The summed E-state index contributed by atoms with van der Waals surface area (Å²) in [7, 11) is 0. The highest BCUT2D eigenvalue weighted by Gasteiger charge is 2.20. The van der Waals surface area contributed by atoms with Crippen molar-refractivity contribution in [3.05, 3.63) is 34.9 Å². The number of rotatable bonds is 6. The summed E-state index contributed by atoms with van der Waals surface area (Å²) in [6.45, 7) is 8.73. The third kappa shape index (κ3) is 6.29. The van der Waals surface area contributed by atoms with E-state index in [1.54, 1.807) is 45.9 Å². The van der Waals surface area contributed by atoms with Crippen LogP contribution in [0.2, 0.25) is 0 Å². The van der Waals surface area contributed by atoms with Crippen molar-refractivity contribution in [3.8, 4) is 0 Å². The second-order valence-electron chi connectivity index (χ2n) is 6.86. The molecule has 0 aromatic heterocycles. The summed E-state index contributed by atoms with van der Waals surface area (Å²) in [5.41, 5.74) is 1.28. The van der Waals surface area contributed by atoms with Gasteiger partial charge >= 0.3 is 6.09 Å². The van der Waals surface area contributed by atoms with E-state index >= 15 is 0 Å². The molecule has 1 rings (SSSR count). The Morgan fingerprint density at radius 1 is 1.25 bits per heavy atom. The molecule has 0 aliphatic heterocycles. The van der Waals surface area contributed by atoms with Crippen molar-refractivity contribution in [3.63, 3.8) is 0 Å². The number of amides is 1. The molecule has 1 aromatic carbocycles. The minimum Gasteiger partial charge on any atom is -0.444 e. The largest absolute Gasteiger partial charge is 0.444 e. The summed E-state index contributed by atoms with van der Waals surface area (Å²) in [4.78, 5) is 22.9. The molecule has 0 spiro atoms. The molecule has 2 unspecified atom stereocenters. The fourth-order valence-corrected chi connectivity index (χ4v) is 2.28. The lowest BCUT2D eigenvalue weighted by Gasteiger charge is -2.21. The molecule has 0 aliphatic carbocycles. The Balaban J connectivity index is 2.56. The van der Waals surface area contributed by atoms with Gasteiger partial charge in [0.05, 0.1) is 6.10 Å². The topological polar surface area (TPSA) is 95.9 Å². The van der Waals surface area contributed by atoms with Crippen molar-refractivity contribution in [2.45, 2.75) is 58.8 Å². The molecule has 1 amide bonds. The van der Waals surface area contributed by atoms with E-state index in [2.05, 4.69) is 5.32 Å². The Morgan fingerprint density at radius 3 is 2.38 bits per heavy atom. The standard InChI is InChI=1S/C18H27NO5/c1-11-10-13(6-7-14(11)12(2)20)16(22)15(21)8-9-19-17(23)24-18(3,4)5/h6-7,10,15-16,21-22H,8-9H2,1-5H3,(H,19,23). The number of aliphatic hydroxyl groups excluding tert-OH is 2. The number of Topliss-reactive ketones (excluding diaryl/α,β-unsaturated/α-hetero) is 1. The van der Waals surface area contributed by atoms with Gasteiger partial charge in [-0.05, 0) is 52.2 Å². The lowest BCUT2D eigenvalue weighted by atomic mass is 9.96. The Labute approximate surface area is 142 Å². The average Bonchev–Trinajstić information content (AvgIpc) is 2.43. The summed E-state index contributed by atoms with van der Waals surface area (Å²) < 4.78 is 5.09. The summed E-state index contributed by atoms with van der Waals surface area (Å²) in [6.07, 6.45) is -2.52. The van der Waals surface area contributed by atoms with Gasteiger partial charge in [-0.15, -0.1) is 0 Å². The molecule has 0 bridgehead atoms. The van der Waals surface area contributed by atoms with E-state index in [1.165, 1.54) is 6.92 Å². The van der Waals surface area contributed by atoms with E-state index < -0.39 is 23.9 Å². The first-order valence-corrected chi connectivity index (χ1v) is 7.95. The van der Waals surface area contributed by atoms with Gasteiger partial charge in [-0.2, -0.15) is 0 Å². The number of ketones is 1. The maximum Gasteiger partial charge on any atom is 0.407 e. The number of alkyl carbamates (subject to hydrolysis) is 1. The number of hydrogen-bond acceptors (Lipinski definition) is 5. The fourth-order valence-electron chi connectivity index (χ4n) is 2.28. The zero-order chi connectivity index (χ0) is 18.5. The van der Waals surface area contributed by atoms with Crippen LogP contribution in [0.5, 0.6) is 0 Å². The highest BCUT2D eigenvalue weighted by molar-refractivity contribution is 5.95. The van der Waals surface area contributed by atoms with Crippen LogP contribution in [0.4, 0.5) is 4.79 Å². The van der Waals surface area contributed by atoms with Crippen molar-refractivity contribution in [1.82, 2.24) is 5.32 Å². The quantitative estimate of drug-likeness (QED) is 0.693. The van der Waals surface area contributed by atoms with Crippen LogP contribution in [-0.2, 0) is 4.74 Å². The molecule has 0 aliphatic rings. The lowest BCUT2D eigenvalue weighted by Crippen LogP contribution is -2.34. The predicted molar refractivity (Wildman–Crippen MR) is 91.0 cm³/mol. The van der Waals surface area contributed by atoms with Crippen LogP contribution >= 0.6 is 0 Å². The molecular weight excluding hydrogens is 310 g/mol. The number of hydrogen-bond donors (Lipinski definition) is 3. The summed E-state index contributed by atoms with van der Waals surface area (Å²) >= 11 is 0. The minimum absolute atomic E-state index is 0.0457. The van der Waals surface area contributed by atoms with Crippen LogP contribution in [0.15, 0.2) is 18.2 Å². The molecule has 6 nitrogen and oxygen atoms in total. The monoisotopic (exact) mass is 337 g/mol. The molecule has 2 atom stereocenters. The van der Waals surface area contributed by atoms with Crippen LogP contribution in [0.3, 0.4) is 0 Å². The van der Waals surface area contributed by atoms with Crippen LogP contribution < -0.4 is 5.32 Å². The molecule has 3 N–H and O–H groups in total. The van der Waals surface area contributed by atoms with Gasteiger partial charge in [-0.25, -0.2) is 4.79 Å². The SMILES string of the molecule is CC(=O)c1ccc(C(O)C(O)CCNC(=O)OC(C)(C)C)cc1C. The van der Waals surface area contributed by atoms with Gasteiger partial charge in [-0.3, -0.25) is 4.79 Å². The lowest BCUT2D eigenvalue weighted by molar-refractivity contribution is 0.0123. The summed E-state index contributed by atoms with van der Waals surface area (Å²) in [5, 5.41) is 22.8. The van der Waals surface area contributed by atoms with Gasteiger partial charge in [0, 0.05) is 12.1 Å². The summed E-state index contributed by atoms with van der Waals surface area (Å²) in [5.74, 6) is -0.0457. The number of nitrogens with one attached hydrogen (secondary N) is 1. The predicted octanol–water partition coefficient (Wildman–Crippen LogP) is 2.51. The molecule has 0 fully saturated rings. The molecule has 0 heterocycles. The van der Waals surface area contributed by atoms with Gasteiger partial charge < -0.3 is 20.3 Å². The van der Waals surface area contributed by atoms with Crippen LogP contribution in [0.25, 0.3) is 0 Å².